The Bertz CT molecular complexity index is 606. The van der Waals surface area contributed by atoms with Crippen LogP contribution < -0.4 is 0 Å². The molecule has 1 aliphatic heterocycles. The minimum atomic E-state index is -5.05. The van der Waals surface area contributed by atoms with Crippen LogP contribution in [0, 0.1) is 11.6 Å². The van der Waals surface area contributed by atoms with Gasteiger partial charge in [-0.2, -0.15) is 13.2 Å². The summed E-state index contributed by atoms with van der Waals surface area (Å²) in [5, 5.41) is 0. The van der Waals surface area contributed by atoms with Gasteiger partial charge in [0.05, 0.1) is 0 Å². The zero-order valence-corrected chi connectivity index (χ0v) is 11.6. The molecule has 7 heteroatoms. The summed E-state index contributed by atoms with van der Waals surface area (Å²) in [6.45, 7) is 1.76. The average molecular weight is 320 g/mol. The van der Waals surface area contributed by atoms with Crippen molar-refractivity contribution >= 4 is 5.57 Å². The van der Waals surface area contributed by atoms with Crippen molar-refractivity contribution < 1.29 is 31.4 Å². The van der Waals surface area contributed by atoms with Crippen LogP contribution in [0.15, 0.2) is 18.2 Å². The van der Waals surface area contributed by atoms with E-state index < -0.39 is 29.2 Å². The highest BCUT2D eigenvalue weighted by atomic mass is 19.4. The van der Waals surface area contributed by atoms with Gasteiger partial charge in [-0.3, -0.25) is 0 Å². The van der Waals surface area contributed by atoms with Gasteiger partial charge in [-0.25, -0.2) is 8.78 Å². The summed E-state index contributed by atoms with van der Waals surface area (Å²) in [6, 6.07) is 1.45. The van der Waals surface area contributed by atoms with E-state index in [1.807, 2.05) is 0 Å². The van der Waals surface area contributed by atoms with Crippen molar-refractivity contribution in [2.45, 2.75) is 44.4 Å². The van der Waals surface area contributed by atoms with Gasteiger partial charge < -0.3 is 9.47 Å². The molecule has 22 heavy (non-hydrogen) atoms. The number of benzene rings is 1. The normalized spacial score (nSPS) is 28.5. The molecule has 0 radical (unpaired) electrons. The maximum Gasteiger partial charge on any atom is 0.422 e. The molecule has 120 valence electrons. The predicted molar refractivity (Wildman–Crippen MR) is 67.6 cm³/mol. The molecule has 0 atom stereocenters. The Morgan fingerprint density at radius 1 is 1.14 bits per heavy atom. The Hall–Kier alpha value is -1.47. The number of hydrogen-bond donors (Lipinski definition) is 0. The third kappa shape index (κ3) is 2.63. The van der Waals surface area contributed by atoms with Gasteiger partial charge in [0.25, 0.3) is 0 Å². The zero-order chi connectivity index (χ0) is 16.1. The Balaban J connectivity index is 1.86. The van der Waals surface area contributed by atoms with Crippen LogP contribution in [0.25, 0.3) is 5.57 Å². The highest BCUT2D eigenvalue weighted by Gasteiger charge is 2.45. The molecule has 1 aromatic carbocycles. The van der Waals surface area contributed by atoms with E-state index in [0.29, 0.717) is 24.8 Å². The Morgan fingerprint density at radius 2 is 1.73 bits per heavy atom. The van der Waals surface area contributed by atoms with Crippen LogP contribution in [0.1, 0.15) is 37.3 Å². The average Bonchev–Trinajstić information content (AvgIpc) is 2.35. The van der Waals surface area contributed by atoms with Crippen molar-refractivity contribution in [3.8, 4) is 0 Å². The van der Waals surface area contributed by atoms with Crippen LogP contribution in [0.2, 0.25) is 0 Å². The molecule has 0 amide bonds. The Labute approximate surface area is 123 Å². The lowest BCUT2D eigenvalue weighted by atomic mass is 9.88. The molecule has 0 bridgehead atoms. The van der Waals surface area contributed by atoms with E-state index in [1.54, 1.807) is 13.0 Å². The predicted octanol–water partition coefficient (Wildman–Crippen LogP) is 4.64. The van der Waals surface area contributed by atoms with E-state index in [4.69, 9.17) is 9.47 Å². The van der Waals surface area contributed by atoms with Crippen LogP contribution in [-0.4, -0.2) is 12.1 Å². The number of allylic oxidation sites excluding steroid dienone is 1. The number of alkyl halides is 3. The SMILES string of the molecule is CC1OC2(CC=C(c3cc(F)c(C(F)(F)F)c(F)c3)CC2)O1. The molecule has 1 heterocycles. The van der Waals surface area contributed by atoms with Gasteiger partial charge >= 0.3 is 6.18 Å². The highest BCUT2D eigenvalue weighted by molar-refractivity contribution is 5.67. The smallest absolute Gasteiger partial charge is 0.321 e. The first-order valence-corrected chi connectivity index (χ1v) is 6.81. The standard InChI is InChI=1S/C15H13F5O2/c1-8-21-14(22-8)4-2-9(3-5-14)10-6-11(16)13(12(17)7-10)15(18,19)20/h2,6-8H,3-5H2,1H3. The molecule has 1 aliphatic carbocycles. The second-order valence-electron chi connectivity index (χ2n) is 5.46. The first kappa shape index (κ1) is 15.4. The molecule has 1 aromatic rings. The lowest BCUT2D eigenvalue weighted by molar-refractivity contribution is -0.446. The van der Waals surface area contributed by atoms with E-state index >= 15 is 0 Å². The quantitative estimate of drug-likeness (QED) is 0.702. The van der Waals surface area contributed by atoms with Gasteiger partial charge in [0.15, 0.2) is 12.1 Å². The molecule has 2 nitrogen and oxygen atoms in total. The van der Waals surface area contributed by atoms with Crippen molar-refractivity contribution in [2.75, 3.05) is 0 Å². The van der Waals surface area contributed by atoms with Crippen LogP contribution >= 0.6 is 0 Å². The van der Waals surface area contributed by atoms with Crippen LogP contribution in [0.3, 0.4) is 0 Å². The van der Waals surface area contributed by atoms with Gasteiger partial charge in [0, 0.05) is 12.8 Å². The summed E-state index contributed by atoms with van der Waals surface area (Å²) < 4.78 is 75.9. The summed E-state index contributed by atoms with van der Waals surface area (Å²) >= 11 is 0. The van der Waals surface area contributed by atoms with Crippen molar-refractivity contribution in [3.05, 3.63) is 41.0 Å². The lowest BCUT2D eigenvalue weighted by Gasteiger charge is -2.47. The molecule has 3 rings (SSSR count). The van der Waals surface area contributed by atoms with Crippen LogP contribution in [0.4, 0.5) is 22.0 Å². The zero-order valence-electron chi connectivity index (χ0n) is 11.6. The molecule has 2 aliphatic rings. The van der Waals surface area contributed by atoms with E-state index in [2.05, 4.69) is 0 Å². The Morgan fingerprint density at radius 3 is 2.14 bits per heavy atom. The molecule has 1 spiro atoms. The second-order valence-corrected chi connectivity index (χ2v) is 5.46. The molecule has 0 aromatic heterocycles. The minimum Gasteiger partial charge on any atom is -0.321 e. The first-order chi connectivity index (χ1) is 10.2. The van der Waals surface area contributed by atoms with Crippen molar-refractivity contribution in [2.24, 2.45) is 0 Å². The van der Waals surface area contributed by atoms with E-state index in [-0.39, 0.29) is 11.9 Å². The van der Waals surface area contributed by atoms with E-state index in [1.165, 1.54) is 0 Å². The largest absolute Gasteiger partial charge is 0.422 e. The summed E-state index contributed by atoms with van der Waals surface area (Å²) in [6.07, 6.45) is -2.34. The molecule has 1 fully saturated rings. The lowest BCUT2D eigenvalue weighted by Crippen LogP contribution is -2.52. The van der Waals surface area contributed by atoms with E-state index in [9.17, 15) is 22.0 Å². The van der Waals surface area contributed by atoms with Crippen LogP contribution in [0.5, 0.6) is 0 Å². The number of ether oxygens (including phenoxy) is 2. The topological polar surface area (TPSA) is 18.5 Å². The third-order valence-corrected chi connectivity index (χ3v) is 3.89. The van der Waals surface area contributed by atoms with Gasteiger partial charge in [0.2, 0.25) is 0 Å². The summed E-state index contributed by atoms with van der Waals surface area (Å²) in [5.74, 6) is -3.90. The summed E-state index contributed by atoms with van der Waals surface area (Å²) in [4.78, 5) is 0. The molecule has 1 saturated heterocycles. The molecule has 0 unspecified atom stereocenters. The fraction of sp³-hybridized carbons (Fsp3) is 0.467. The summed E-state index contributed by atoms with van der Waals surface area (Å²) in [5.41, 5.74) is -1.15. The minimum absolute atomic E-state index is 0.116. The van der Waals surface area contributed by atoms with E-state index in [0.717, 1.165) is 12.1 Å². The second kappa shape index (κ2) is 5.03. The number of hydrogen-bond acceptors (Lipinski definition) is 2. The maximum atomic E-state index is 13.6. The van der Waals surface area contributed by atoms with Crippen molar-refractivity contribution in [3.63, 3.8) is 0 Å². The number of rotatable bonds is 1. The fourth-order valence-corrected chi connectivity index (χ4v) is 2.93. The molecule has 0 N–H and O–H groups in total. The van der Waals surface area contributed by atoms with Gasteiger partial charge in [-0.1, -0.05) is 6.08 Å². The number of halogens is 5. The van der Waals surface area contributed by atoms with Gasteiger partial charge in [-0.05, 0) is 36.6 Å². The molecular formula is C15H13F5O2. The first-order valence-electron chi connectivity index (χ1n) is 6.81. The Kier molecular flexibility index (Phi) is 3.52. The molecular weight excluding hydrogens is 307 g/mol. The fourth-order valence-electron chi connectivity index (χ4n) is 2.93. The van der Waals surface area contributed by atoms with Gasteiger partial charge in [-0.15, -0.1) is 0 Å². The maximum absolute atomic E-state index is 13.6. The van der Waals surface area contributed by atoms with Crippen molar-refractivity contribution in [1.82, 2.24) is 0 Å². The molecule has 0 saturated carbocycles. The van der Waals surface area contributed by atoms with Crippen molar-refractivity contribution in [1.29, 1.82) is 0 Å². The third-order valence-electron chi connectivity index (χ3n) is 3.89. The summed E-state index contributed by atoms with van der Waals surface area (Å²) in [7, 11) is 0. The van der Waals surface area contributed by atoms with Crippen LogP contribution in [-0.2, 0) is 15.7 Å². The van der Waals surface area contributed by atoms with Gasteiger partial charge in [0.1, 0.15) is 17.2 Å². The highest BCUT2D eigenvalue weighted by Crippen LogP contribution is 2.43. The monoisotopic (exact) mass is 320 g/mol.